The number of carbonyl (C=O) groups is 1. The molecule has 2 aromatic rings. The number of piperidine rings is 1. The third kappa shape index (κ3) is 3.11. The molecule has 8 heteroatoms. The van der Waals surface area contributed by atoms with E-state index < -0.39 is 5.97 Å². The van der Waals surface area contributed by atoms with Crippen molar-refractivity contribution in [3.8, 4) is 0 Å². The molecule has 2 unspecified atom stereocenters. The fraction of sp³-hybridized carbons (Fsp3) is 0.471. The SMILES string of the molecule is COC(=O)c1ccc(CN2C3CC2CN(c2ccnc(SC)n2)C3)o1. The summed E-state index contributed by atoms with van der Waals surface area (Å²) in [6.45, 7) is 2.62. The van der Waals surface area contributed by atoms with E-state index in [4.69, 9.17) is 4.42 Å². The van der Waals surface area contributed by atoms with E-state index in [1.54, 1.807) is 17.8 Å². The second-order valence-electron chi connectivity index (χ2n) is 6.28. The number of nitrogens with zero attached hydrogens (tertiary/aromatic N) is 4. The van der Waals surface area contributed by atoms with Gasteiger partial charge in [-0.3, -0.25) is 4.90 Å². The number of anilines is 1. The van der Waals surface area contributed by atoms with Crippen molar-refractivity contribution in [3.05, 3.63) is 35.9 Å². The summed E-state index contributed by atoms with van der Waals surface area (Å²) in [7, 11) is 1.36. The number of furan rings is 1. The second-order valence-corrected chi connectivity index (χ2v) is 7.05. The van der Waals surface area contributed by atoms with E-state index >= 15 is 0 Å². The third-order valence-electron chi connectivity index (χ3n) is 4.86. The lowest BCUT2D eigenvalue weighted by Gasteiger charge is -2.56. The van der Waals surface area contributed by atoms with Crippen LogP contribution < -0.4 is 4.90 Å². The number of hydrogen-bond acceptors (Lipinski definition) is 8. The maximum Gasteiger partial charge on any atom is 0.373 e. The molecule has 3 aliphatic heterocycles. The summed E-state index contributed by atoms with van der Waals surface area (Å²) >= 11 is 1.56. The molecule has 0 spiro atoms. The van der Waals surface area contributed by atoms with Crippen molar-refractivity contribution < 1.29 is 13.9 Å². The van der Waals surface area contributed by atoms with Gasteiger partial charge in [-0.2, -0.15) is 0 Å². The van der Waals surface area contributed by atoms with Crippen molar-refractivity contribution in [2.45, 2.75) is 30.2 Å². The number of thioether (sulfide) groups is 1. The van der Waals surface area contributed by atoms with Gasteiger partial charge in [-0.05, 0) is 30.9 Å². The molecule has 2 bridgehead atoms. The summed E-state index contributed by atoms with van der Waals surface area (Å²) in [5.41, 5.74) is 0. The van der Waals surface area contributed by atoms with E-state index in [9.17, 15) is 4.79 Å². The van der Waals surface area contributed by atoms with E-state index in [1.807, 2.05) is 24.6 Å². The van der Waals surface area contributed by atoms with Crippen LogP contribution in [0, 0.1) is 0 Å². The van der Waals surface area contributed by atoms with Crippen LogP contribution in [-0.2, 0) is 11.3 Å². The van der Waals surface area contributed by atoms with E-state index in [-0.39, 0.29) is 5.76 Å². The van der Waals surface area contributed by atoms with E-state index in [2.05, 4.69) is 24.5 Å². The highest BCUT2D eigenvalue weighted by atomic mass is 32.2. The highest BCUT2D eigenvalue weighted by Gasteiger charge is 2.45. The van der Waals surface area contributed by atoms with E-state index in [1.165, 1.54) is 13.5 Å². The van der Waals surface area contributed by atoms with Crippen LogP contribution in [0.4, 0.5) is 5.82 Å². The zero-order valence-corrected chi connectivity index (χ0v) is 15.0. The molecule has 3 saturated heterocycles. The maximum atomic E-state index is 11.5. The van der Waals surface area contributed by atoms with Gasteiger partial charge in [-0.25, -0.2) is 14.8 Å². The largest absolute Gasteiger partial charge is 0.463 e. The molecule has 0 aromatic carbocycles. The molecule has 3 aliphatic rings. The molecule has 0 aliphatic carbocycles. The van der Waals surface area contributed by atoms with Crippen LogP contribution >= 0.6 is 11.8 Å². The van der Waals surface area contributed by atoms with Crippen LogP contribution in [0.2, 0.25) is 0 Å². The molecule has 0 amide bonds. The molecular weight excluding hydrogens is 340 g/mol. The summed E-state index contributed by atoms with van der Waals surface area (Å²) in [6.07, 6.45) is 5.01. The van der Waals surface area contributed by atoms with Gasteiger partial charge in [-0.15, -0.1) is 0 Å². The number of carbonyl (C=O) groups excluding carboxylic acids is 1. The minimum absolute atomic E-state index is 0.260. The normalized spacial score (nSPS) is 22.6. The first-order valence-corrected chi connectivity index (χ1v) is 9.45. The van der Waals surface area contributed by atoms with Gasteiger partial charge < -0.3 is 14.1 Å². The first-order chi connectivity index (χ1) is 12.2. The minimum Gasteiger partial charge on any atom is -0.463 e. The van der Waals surface area contributed by atoms with E-state index in [0.29, 0.717) is 12.1 Å². The number of methoxy groups -OCH3 is 1. The fourth-order valence-electron chi connectivity index (χ4n) is 3.59. The Hall–Kier alpha value is -2.06. The highest BCUT2D eigenvalue weighted by Crippen LogP contribution is 2.35. The van der Waals surface area contributed by atoms with Crippen LogP contribution in [0.1, 0.15) is 22.7 Å². The van der Waals surface area contributed by atoms with Gasteiger partial charge in [0.2, 0.25) is 5.76 Å². The van der Waals surface area contributed by atoms with Crippen molar-refractivity contribution in [2.24, 2.45) is 0 Å². The summed E-state index contributed by atoms with van der Waals surface area (Å²) < 4.78 is 10.3. The monoisotopic (exact) mass is 360 g/mol. The third-order valence-corrected chi connectivity index (χ3v) is 5.42. The Morgan fingerprint density at radius 3 is 2.88 bits per heavy atom. The number of hydrogen-bond donors (Lipinski definition) is 0. The average Bonchev–Trinajstić information content (AvgIpc) is 3.14. The molecular formula is C17H20N4O3S. The number of esters is 1. The first kappa shape index (κ1) is 16.4. The fourth-order valence-corrected chi connectivity index (χ4v) is 3.94. The van der Waals surface area contributed by atoms with Crippen molar-refractivity contribution >= 4 is 23.5 Å². The van der Waals surface area contributed by atoms with Gasteiger partial charge in [-0.1, -0.05) is 11.8 Å². The summed E-state index contributed by atoms with van der Waals surface area (Å²) in [4.78, 5) is 25.1. The Kier molecular flexibility index (Phi) is 4.39. The van der Waals surface area contributed by atoms with Crippen LogP contribution in [-0.4, -0.2) is 59.4 Å². The molecule has 132 valence electrons. The lowest BCUT2D eigenvalue weighted by molar-refractivity contribution is -0.0140. The Morgan fingerprint density at radius 2 is 2.16 bits per heavy atom. The molecule has 0 N–H and O–H groups in total. The number of ether oxygens (including phenoxy) is 1. The van der Waals surface area contributed by atoms with Crippen LogP contribution in [0.3, 0.4) is 0 Å². The zero-order valence-electron chi connectivity index (χ0n) is 14.2. The molecule has 0 radical (unpaired) electrons. The molecule has 3 fully saturated rings. The van der Waals surface area contributed by atoms with Gasteiger partial charge in [0.1, 0.15) is 11.6 Å². The standard InChI is InChI=1S/C17H20N4O3S/c1-23-16(22)14-4-3-13(24-14)10-21-11-7-12(21)9-20(8-11)15-5-6-18-17(19-15)25-2/h3-6,11-12H,7-10H2,1-2H3. The summed E-state index contributed by atoms with van der Waals surface area (Å²) in [6, 6.07) is 6.47. The second kappa shape index (κ2) is 6.68. The Balaban J connectivity index is 1.40. The van der Waals surface area contributed by atoms with Crippen molar-refractivity contribution in [1.29, 1.82) is 0 Å². The van der Waals surface area contributed by atoms with Crippen LogP contribution in [0.25, 0.3) is 0 Å². The number of rotatable bonds is 5. The maximum absolute atomic E-state index is 11.5. The van der Waals surface area contributed by atoms with E-state index in [0.717, 1.165) is 36.4 Å². The molecule has 0 saturated carbocycles. The Morgan fingerprint density at radius 1 is 1.36 bits per heavy atom. The number of aromatic nitrogens is 2. The van der Waals surface area contributed by atoms with Crippen LogP contribution in [0.15, 0.2) is 34.0 Å². The topological polar surface area (TPSA) is 71.7 Å². The number of fused-ring (bicyclic) bond motifs is 2. The summed E-state index contributed by atoms with van der Waals surface area (Å²) in [5.74, 6) is 1.62. The first-order valence-electron chi connectivity index (χ1n) is 8.22. The zero-order chi connectivity index (χ0) is 17.4. The molecule has 2 aromatic heterocycles. The van der Waals surface area contributed by atoms with Gasteiger partial charge in [0, 0.05) is 31.4 Å². The molecule has 5 heterocycles. The molecule has 7 nitrogen and oxygen atoms in total. The quantitative estimate of drug-likeness (QED) is 0.456. The molecule has 2 atom stereocenters. The molecule has 25 heavy (non-hydrogen) atoms. The average molecular weight is 360 g/mol. The number of piperazine rings is 1. The van der Waals surface area contributed by atoms with Gasteiger partial charge in [0.25, 0.3) is 0 Å². The smallest absolute Gasteiger partial charge is 0.373 e. The van der Waals surface area contributed by atoms with Crippen molar-refractivity contribution in [1.82, 2.24) is 14.9 Å². The van der Waals surface area contributed by atoms with Crippen molar-refractivity contribution in [3.63, 3.8) is 0 Å². The molecule has 5 rings (SSSR count). The predicted octanol–water partition coefficient (Wildman–Crippen LogP) is 2.04. The van der Waals surface area contributed by atoms with Crippen molar-refractivity contribution in [2.75, 3.05) is 31.4 Å². The highest BCUT2D eigenvalue weighted by molar-refractivity contribution is 7.98. The van der Waals surface area contributed by atoms with Gasteiger partial charge in [0.15, 0.2) is 5.16 Å². The lowest BCUT2D eigenvalue weighted by Crippen LogP contribution is -2.68. The predicted molar refractivity (Wildman–Crippen MR) is 93.8 cm³/mol. The lowest BCUT2D eigenvalue weighted by atomic mass is 9.87. The van der Waals surface area contributed by atoms with Gasteiger partial charge in [0.05, 0.1) is 13.7 Å². The minimum atomic E-state index is -0.436. The van der Waals surface area contributed by atoms with Crippen LogP contribution in [0.5, 0.6) is 0 Å². The summed E-state index contributed by atoms with van der Waals surface area (Å²) in [5, 5.41) is 0.805. The Bertz CT molecular complexity index is 769. The Labute approximate surface area is 150 Å². The van der Waals surface area contributed by atoms with Gasteiger partial charge >= 0.3 is 5.97 Å².